The minimum absolute atomic E-state index is 0.0588. The molecule has 116 valence electrons. The van der Waals surface area contributed by atoms with Crippen LogP contribution in [0.2, 0.25) is 0 Å². The second-order valence-electron chi connectivity index (χ2n) is 8.78. The quantitative estimate of drug-likeness (QED) is 0.670. The molecule has 2 heteroatoms. The second-order valence-corrected chi connectivity index (χ2v) is 8.78. The zero-order valence-corrected chi connectivity index (χ0v) is 13.5. The fourth-order valence-corrected chi connectivity index (χ4v) is 6.77. The summed E-state index contributed by atoms with van der Waals surface area (Å²) >= 11 is 0. The minimum atomic E-state index is -0.309. The molecule has 0 radical (unpaired) electrons. The average Bonchev–Trinajstić information content (AvgIpc) is 2.77. The van der Waals surface area contributed by atoms with E-state index in [2.05, 4.69) is 13.8 Å². The molecule has 0 heterocycles. The molecular formula is C19H28O2. The van der Waals surface area contributed by atoms with Crippen LogP contribution in [0.15, 0.2) is 0 Å². The van der Waals surface area contributed by atoms with E-state index in [1.807, 2.05) is 0 Å². The van der Waals surface area contributed by atoms with Crippen molar-refractivity contribution in [3.63, 3.8) is 0 Å². The van der Waals surface area contributed by atoms with Gasteiger partial charge in [-0.25, -0.2) is 0 Å². The number of fused-ring (bicyclic) bond motifs is 5. The Labute approximate surface area is 128 Å². The van der Waals surface area contributed by atoms with Crippen LogP contribution in [0.5, 0.6) is 0 Å². The van der Waals surface area contributed by atoms with Crippen LogP contribution in [0, 0.1) is 34.5 Å². The Morgan fingerprint density at radius 1 is 1.00 bits per heavy atom. The summed E-state index contributed by atoms with van der Waals surface area (Å²) in [5.74, 6) is 2.67. The van der Waals surface area contributed by atoms with E-state index in [1.54, 1.807) is 0 Å². The summed E-state index contributed by atoms with van der Waals surface area (Å²) in [6.45, 7) is 4.54. The lowest BCUT2D eigenvalue weighted by molar-refractivity contribution is -0.157. The number of carbonyl (C=O) groups excluding carboxylic acids is 2. The Bertz CT molecular complexity index is 496. The number of Topliss-reactive ketones (excluding diaryl/α,β-unsaturated/α-hetero) is 2. The topological polar surface area (TPSA) is 34.1 Å². The first kappa shape index (κ1) is 14.0. The Balaban J connectivity index is 1.74. The van der Waals surface area contributed by atoms with Crippen molar-refractivity contribution >= 4 is 11.6 Å². The van der Waals surface area contributed by atoms with Gasteiger partial charge in [0.1, 0.15) is 11.6 Å². The normalized spacial score (nSPS) is 53.0. The summed E-state index contributed by atoms with van der Waals surface area (Å²) in [4.78, 5) is 25.4. The van der Waals surface area contributed by atoms with Gasteiger partial charge in [-0.3, -0.25) is 9.59 Å². The molecule has 4 saturated carbocycles. The largest absolute Gasteiger partial charge is 0.299 e. The Kier molecular flexibility index (Phi) is 2.94. The molecular weight excluding hydrogens is 260 g/mol. The number of ketones is 2. The van der Waals surface area contributed by atoms with Crippen LogP contribution < -0.4 is 0 Å². The number of rotatable bonds is 0. The maximum Gasteiger partial charge on any atom is 0.139 e. The molecule has 4 aliphatic rings. The number of carbonyl (C=O) groups is 2. The van der Waals surface area contributed by atoms with E-state index >= 15 is 0 Å². The smallest absolute Gasteiger partial charge is 0.139 e. The summed E-state index contributed by atoms with van der Waals surface area (Å²) in [6.07, 6.45) is 10.0. The van der Waals surface area contributed by atoms with Gasteiger partial charge in [0.25, 0.3) is 0 Å². The van der Waals surface area contributed by atoms with Crippen molar-refractivity contribution < 1.29 is 9.59 Å². The van der Waals surface area contributed by atoms with Crippen LogP contribution in [0.1, 0.15) is 71.6 Å². The molecule has 6 atom stereocenters. The van der Waals surface area contributed by atoms with Crippen LogP contribution in [-0.4, -0.2) is 11.6 Å². The molecule has 0 unspecified atom stereocenters. The lowest BCUT2D eigenvalue weighted by Crippen LogP contribution is -2.56. The Hall–Kier alpha value is -0.660. The van der Waals surface area contributed by atoms with Gasteiger partial charge in [0, 0.05) is 24.2 Å². The van der Waals surface area contributed by atoms with Crippen molar-refractivity contribution in [1.29, 1.82) is 0 Å². The molecule has 0 aromatic rings. The molecule has 4 aliphatic carbocycles. The molecule has 4 rings (SSSR count). The summed E-state index contributed by atoms with van der Waals surface area (Å²) < 4.78 is 0. The predicted octanol–water partition coefficient (Wildman–Crippen LogP) is 4.17. The van der Waals surface area contributed by atoms with Crippen LogP contribution in [-0.2, 0) is 9.59 Å². The molecule has 2 nitrogen and oxygen atoms in total. The zero-order valence-electron chi connectivity index (χ0n) is 13.5. The lowest BCUT2D eigenvalue weighted by atomic mass is 9.45. The van der Waals surface area contributed by atoms with E-state index < -0.39 is 0 Å². The lowest BCUT2D eigenvalue weighted by Gasteiger charge is -2.58. The summed E-state index contributed by atoms with van der Waals surface area (Å²) in [5.41, 5.74) is 0.0249. The summed E-state index contributed by atoms with van der Waals surface area (Å²) in [7, 11) is 0. The molecule has 0 spiro atoms. The highest BCUT2D eigenvalue weighted by molar-refractivity contribution is 5.97. The predicted molar refractivity (Wildman–Crippen MR) is 81.7 cm³/mol. The monoisotopic (exact) mass is 288 g/mol. The van der Waals surface area contributed by atoms with Crippen molar-refractivity contribution in [2.75, 3.05) is 0 Å². The Morgan fingerprint density at radius 3 is 2.62 bits per heavy atom. The fraction of sp³-hybridized carbons (Fsp3) is 0.895. The molecule has 0 N–H and O–H groups in total. The van der Waals surface area contributed by atoms with E-state index in [4.69, 9.17) is 0 Å². The number of hydrogen-bond donors (Lipinski definition) is 0. The SMILES string of the molecule is C[C@]12CCCC[C@@H]1CC[C@H]1[C@H]3C(=O)CC[C@]3(C)C(=O)C[C@@H]12. The molecule has 0 aromatic heterocycles. The first-order valence-electron chi connectivity index (χ1n) is 9.03. The highest BCUT2D eigenvalue weighted by Gasteiger charge is 2.62. The van der Waals surface area contributed by atoms with Gasteiger partial charge < -0.3 is 0 Å². The van der Waals surface area contributed by atoms with Gasteiger partial charge in [0.05, 0.1) is 0 Å². The van der Waals surface area contributed by atoms with Crippen LogP contribution in [0.3, 0.4) is 0 Å². The van der Waals surface area contributed by atoms with Crippen molar-refractivity contribution in [1.82, 2.24) is 0 Å². The fourth-order valence-electron chi connectivity index (χ4n) is 6.77. The highest BCUT2D eigenvalue weighted by Crippen LogP contribution is 2.64. The van der Waals surface area contributed by atoms with Gasteiger partial charge in [0.2, 0.25) is 0 Å². The highest BCUT2D eigenvalue weighted by atomic mass is 16.1. The first-order chi connectivity index (χ1) is 9.97. The summed E-state index contributed by atoms with van der Waals surface area (Å²) in [5, 5.41) is 0. The third-order valence-electron chi connectivity index (χ3n) is 8.06. The van der Waals surface area contributed by atoms with E-state index in [-0.39, 0.29) is 11.3 Å². The van der Waals surface area contributed by atoms with Gasteiger partial charge in [-0.15, -0.1) is 0 Å². The maximum absolute atomic E-state index is 12.9. The zero-order chi connectivity index (χ0) is 14.8. The van der Waals surface area contributed by atoms with E-state index in [9.17, 15) is 9.59 Å². The van der Waals surface area contributed by atoms with Gasteiger partial charge in [-0.1, -0.05) is 26.7 Å². The first-order valence-corrected chi connectivity index (χ1v) is 9.03. The molecule has 4 fully saturated rings. The Morgan fingerprint density at radius 2 is 1.81 bits per heavy atom. The van der Waals surface area contributed by atoms with E-state index in [1.165, 1.54) is 38.5 Å². The van der Waals surface area contributed by atoms with Crippen LogP contribution in [0.4, 0.5) is 0 Å². The average molecular weight is 288 g/mol. The van der Waals surface area contributed by atoms with E-state index in [0.717, 1.165) is 18.8 Å². The van der Waals surface area contributed by atoms with Crippen LogP contribution in [0.25, 0.3) is 0 Å². The van der Waals surface area contributed by atoms with Gasteiger partial charge >= 0.3 is 0 Å². The van der Waals surface area contributed by atoms with Crippen LogP contribution >= 0.6 is 0 Å². The van der Waals surface area contributed by atoms with Crippen molar-refractivity contribution in [3.05, 3.63) is 0 Å². The molecule has 0 bridgehead atoms. The van der Waals surface area contributed by atoms with Gasteiger partial charge in [-0.05, 0) is 55.3 Å². The molecule has 21 heavy (non-hydrogen) atoms. The molecule has 0 amide bonds. The van der Waals surface area contributed by atoms with Gasteiger partial charge in [-0.2, -0.15) is 0 Å². The molecule has 0 aromatic carbocycles. The molecule has 0 aliphatic heterocycles. The van der Waals surface area contributed by atoms with Gasteiger partial charge in [0.15, 0.2) is 0 Å². The minimum Gasteiger partial charge on any atom is -0.299 e. The number of hydrogen-bond acceptors (Lipinski definition) is 2. The third kappa shape index (κ3) is 1.71. The standard InChI is InChI=1S/C19H28O2/c1-18-9-4-3-5-12(18)6-7-13-14(18)11-16(21)19(2)10-8-15(20)17(13)19/h12-14,17H,3-11H2,1-2H3/t12-,13-,14+,17+,18+,19-/m1/s1. The van der Waals surface area contributed by atoms with Crippen molar-refractivity contribution in [2.24, 2.45) is 34.5 Å². The molecule has 0 saturated heterocycles. The summed E-state index contributed by atoms with van der Waals surface area (Å²) in [6, 6.07) is 0. The third-order valence-corrected chi connectivity index (χ3v) is 8.06. The van der Waals surface area contributed by atoms with Crippen molar-refractivity contribution in [3.8, 4) is 0 Å². The van der Waals surface area contributed by atoms with Crippen molar-refractivity contribution in [2.45, 2.75) is 71.6 Å². The second kappa shape index (κ2) is 4.43. The van der Waals surface area contributed by atoms with E-state index in [0.29, 0.717) is 35.2 Å². The maximum atomic E-state index is 12.9.